The molecule has 13 nitrogen and oxygen atoms in total. The highest BCUT2D eigenvalue weighted by molar-refractivity contribution is 6.31. The van der Waals surface area contributed by atoms with Crippen LogP contribution in [0.4, 0.5) is 20.7 Å². The Kier molecular flexibility index (Phi) is 11.1. The van der Waals surface area contributed by atoms with E-state index in [0.29, 0.717) is 47.5 Å². The van der Waals surface area contributed by atoms with Crippen molar-refractivity contribution >= 4 is 51.9 Å². The van der Waals surface area contributed by atoms with Gasteiger partial charge in [0.2, 0.25) is 5.91 Å². The number of hydrogen-bond acceptors (Lipinski definition) is 9. The van der Waals surface area contributed by atoms with Crippen molar-refractivity contribution in [3.05, 3.63) is 77.1 Å². The van der Waals surface area contributed by atoms with Crippen LogP contribution < -0.4 is 25.2 Å². The van der Waals surface area contributed by atoms with Gasteiger partial charge in [-0.15, -0.1) is 10.2 Å². The fraction of sp³-hybridized carbons (Fsp3) is 0.463. The monoisotopic (exact) mass is 781 g/mol. The number of nitrogens with one attached hydrogen (secondary N) is 2. The average Bonchev–Trinajstić information content (AvgIpc) is 3.64. The Bertz CT molecular complexity index is 2130. The summed E-state index contributed by atoms with van der Waals surface area (Å²) in [4.78, 5) is 43.3. The Balaban J connectivity index is 0.774. The Labute approximate surface area is 329 Å². The molecule has 8 rings (SSSR count). The number of hydrogen-bond donors (Lipinski definition) is 2. The van der Waals surface area contributed by atoms with E-state index in [4.69, 9.17) is 21.6 Å². The summed E-state index contributed by atoms with van der Waals surface area (Å²) in [5, 5.41) is 24.5. The normalized spacial score (nSPS) is 23.8. The lowest BCUT2D eigenvalue weighted by molar-refractivity contribution is -0.120. The number of piperidine rings is 2. The van der Waals surface area contributed by atoms with Crippen LogP contribution in [0.15, 0.2) is 60.8 Å². The first-order valence-corrected chi connectivity index (χ1v) is 19.9. The SMILES string of the molecule is N#Cc1ccc(OC2CCC(NC(=O)c3ccc(N4CCC(CN5CCC(n6ccc7c(N8CCC(=O)NC8=O)cccc76)[C@H](F)C5)CC4)nn3)CC2)cc1Cl. The molecule has 2 N–H and O–H groups in total. The zero-order valence-electron chi connectivity index (χ0n) is 31.1. The zero-order valence-corrected chi connectivity index (χ0v) is 31.8. The van der Waals surface area contributed by atoms with Gasteiger partial charge in [0.1, 0.15) is 18.0 Å². The van der Waals surface area contributed by atoms with E-state index in [-0.39, 0.29) is 36.4 Å². The number of halogens is 2. The molecule has 0 radical (unpaired) electrons. The first-order valence-electron chi connectivity index (χ1n) is 19.6. The molecule has 0 spiro atoms. The smallest absolute Gasteiger partial charge is 0.328 e. The number of amides is 4. The molecule has 1 unspecified atom stereocenters. The topological polar surface area (TPSA) is 149 Å². The summed E-state index contributed by atoms with van der Waals surface area (Å²) in [6, 6.07) is 17.7. The van der Waals surface area contributed by atoms with Crippen molar-refractivity contribution in [2.45, 2.75) is 75.7 Å². The molecule has 3 aliphatic heterocycles. The molecule has 0 bridgehead atoms. The average molecular weight is 782 g/mol. The van der Waals surface area contributed by atoms with Gasteiger partial charge in [-0.3, -0.25) is 19.8 Å². The molecule has 4 fully saturated rings. The number of urea groups is 1. The number of alkyl halides is 1. The molecule has 2 atom stereocenters. The van der Waals surface area contributed by atoms with Crippen LogP contribution in [0.2, 0.25) is 5.02 Å². The lowest BCUT2D eigenvalue weighted by atomic mass is 9.92. The molecule has 2 aromatic carbocycles. The molecular formula is C41H45ClFN9O4. The molecule has 1 saturated carbocycles. The molecule has 15 heteroatoms. The number of aromatic nitrogens is 3. The van der Waals surface area contributed by atoms with E-state index in [1.165, 1.54) is 0 Å². The number of anilines is 2. The fourth-order valence-electron chi connectivity index (χ4n) is 8.69. The van der Waals surface area contributed by atoms with Crippen molar-refractivity contribution in [2.75, 3.05) is 49.1 Å². The maximum atomic E-state index is 15.9. The molecule has 4 aromatic rings. The third kappa shape index (κ3) is 8.15. The highest BCUT2D eigenvalue weighted by Crippen LogP contribution is 2.35. The van der Waals surface area contributed by atoms with E-state index in [2.05, 4.69) is 36.7 Å². The summed E-state index contributed by atoms with van der Waals surface area (Å²) < 4.78 is 24.0. The number of benzene rings is 2. The Hall–Kier alpha value is -5.26. The van der Waals surface area contributed by atoms with Crippen LogP contribution >= 0.6 is 11.6 Å². The van der Waals surface area contributed by atoms with E-state index < -0.39 is 12.2 Å². The largest absolute Gasteiger partial charge is 0.490 e. The van der Waals surface area contributed by atoms with Crippen LogP contribution in [0.3, 0.4) is 0 Å². The van der Waals surface area contributed by atoms with Gasteiger partial charge in [-0.2, -0.15) is 5.26 Å². The molecular weight excluding hydrogens is 737 g/mol. The van der Waals surface area contributed by atoms with E-state index in [1.54, 1.807) is 29.2 Å². The summed E-state index contributed by atoms with van der Waals surface area (Å²) in [5.74, 6) is 1.33. The maximum absolute atomic E-state index is 15.9. The minimum atomic E-state index is -1.03. The first kappa shape index (κ1) is 37.7. The van der Waals surface area contributed by atoms with Gasteiger partial charge in [0.25, 0.3) is 5.91 Å². The van der Waals surface area contributed by atoms with E-state index in [0.717, 1.165) is 87.1 Å². The predicted molar refractivity (Wildman–Crippen MR) is 210 cm³/mol. The number of rotatable bonds is 9. The summed E-state index contributed by atoms with van der Waals surface area (Å²) in [6.07, 6.45) is 6.91. The molecule has 5 heterocycles. The number of likely N-dealkylation sites (tertiary alicyclic amines) is 1. The van der Waals surface area contributed by atoms with Gasteiger partial charge in [-0.25, -0.2) is 9.18 Å². The molecule has 4 amide bonds. The van der Waals surface area contributed by atoms with E-state index in [9.17, 15) is 14.4 Å². The minimum Gasteiger partial charge on any atom is -0.490 e. The molecule has 3 saturated heterocycles. The van der Waals surface area contributed by atoms with E-state index in [1.807, 2.05) is 41.1 Å². The van der Waals surface area contributed by atoms with Gasteiger partial charge in [-0.05, 0) is 93.3 Å². The van der Waals surface area contributed by atoms with Crippen LogP contribution in [0, 0.1) is 17.2 Å². The molecule has 56 heavy (non-hydrogen) atoms. The van der Waals surface area contributed by atoms with E-state index >= 15 is 4.39 Å². The highest BCUT2D eigenvalue weighted by atomic mass is 35.5. The maximum Gasteiger partial charge on any atom is 0.328 e. The first-order chi connectivity index (χ1) is 27.2. The summed E-state index contributed by atoms with van der Waals surface area (Å²) >= 11 is 6.14. The van der Waals surface area contributed by atoms with Gasteiger partial charge in [0, 0.05) is 69.4 Å². The number of carbonyl (C=O) groups excluding carboxylic acids is 3. The van der Waals surface area contributed by atoms with Crippen molar-refractivity contribution in [2.24, 2.45) is 5.92 Å². The Morgan fingerprint density at radius 2 is 1.80 bits per heavy atom. The van der Waals surface area contributed by atoms with Crippen LogP contribution in [-0.2, 0) is 4.79 Å². The third-order valence-electron chi connectivity index (χ3n) is 11.7. The molecule has 2 aromatic heterocycles. The summed E-state index contributed by atoms with van der Waals surface area (Å²) in [6.45, 7) is 3.99. The van der Waals surface area contributed by atoms with Gasteiger partial charge >= 0.3 is 6.03 Å². The third-order valence-corrected chi connectivity index (χ3v) is 12.1. The number of carbonyl (C=O) groups is 3. The van der Waals surface area contributed by atoms with Crippen LogP contribution in [0.1, 0.15) is 73.5 Å². The number of ether oxygens (including phenoxy) is 1. The number of nitrogens with zero attached hydrogens (tertiary/aromatic N) is 7. The van der Waals surface area contributed by atoms with Crippen molar-refractivity contribution in [1.82, 2.24) is 30.3 Å². The number of imide groups is 1. The predicted octanol–water partition coefficient (Wildman–Crippen LogP) is 6.02. The second kappa shape index (κ2) is 16.5. The van der Waals surface area contributed by atoms with Gasteiger partial charge in [0.15, 0.2) is 11.5 Å². The Morgan fingerprint density at radius 3 is 2.52 bits per heavy atom. The number of nitriles is 1. The minimum absolute atomic E-state index is 0.0171. The summed E-state index contributed by atoms with van der Waals surface area (Å²) in [5.41, 5.74) is 2.31. The van der Waals surface area contributed by atoms with Gasteiger partial charge in [-0.1, -0.05) is 17.7 Å². The fourth-order valence-corrected chi connectivity index (χ4v) is 8.90. The highest BCUT2D eigenvalue weighted by Gasteiger charge is 2.34. The van der Waals surface area contributed by atoms with Crippen LogP contribution in [-0.4, -0.2) is 95.1 Å². The van der Waals surface area contributed by atoms with Crippen molar-refractivity contribution < 1.29 is 23.5 Å². The second-order valence-corrected chi connectivity index (χ2v) is 15.8. The molecule has 4 aliphatic rings. The van der Waals surface area contributed by atoms with Crippen molar-refractivity contribution in [3.8, 4) is 11.8 Å². The standard InChI is InChI=1S/C41H45ClFN9O4/c42-32-22-30(7-4-27(32)23-44)56-29-8-5-28(6-9-29)45-40(54)34-10-11-38(48-47-34)50-18-12-26(13-19-50)24-49-17-15-37(33(43)25-49)51-20-14-31-35(51)2-1-3-36(31)52-21-16-39(53)46-41(52)55/h1-4,7,10-11,14,20,22,26,28-29,33,37H,5-6,8-9,12-13,15-19,21,24-25H2,(H,45,54)(H,46,53,55)/t28?,29?,33-,37?/m1/s1. The molecule has 292 valence electrons. The van der Waals surface area contributed by atoms with Gasteiger partial charge < -0.3 is 24.4 Å². The van der Waals surface area contributed by atoms with Crippen LogP contribution in [0.5, 0.6) is 5.75 Å². The molecule has 1 aliphatic carbocycles. The zero-order chi connectivity index (χ0) is 38.8. The van der Waals surface area contributed by atoms with Gasteiger partial charge in [0.05, 0.1) is 33.9 Å². The Morgan fingerprint density at radius 1 is 0.982 bits per heavy atom. The summed E-state index contributed by atoms with van der Waals surface area (Å²) in [7, 11) is 0. The number of fused-ring (bicyclic) bond motifs is 1. The second-order valence-electron chi connectivity index (χ2n) is 15.3. The van der Waals surface area contributed by atoms with Crippen LogP contribution in [0.25, 0.3) is 10.9 Å². The lowest BCUT2D eigenvalue weighted by Gasteiger charge is -2.39. The quantitative estimate of drug-likeness (QED) is 0.208. The van der Waals surface area contributed by atoms with Crippen molar-refractivity contribution in [3.63, 3.8) is 0 Å². The lowest BCUT2D eigenvalue weighted by Crippen LogP contribution is -2.49. The van der Waals surface area contributed by atoms with Crippen molar-refractivity contribution in [1.29, 1.82) is 5.26 Å².